The van der Waals surface area contributed by atoms with Gasteiger partial charge in [-0.05, 0) is 46.5 Å². The Balaban J connectivity index is 2.21. The van der Waals surface area contributed by atoms with Gasteiger partial charge >= 0.3 is 5.97 Å². The first-order valence-corrected chi connectivity index (χ1v) is 6.72. The molecule has 0 aromatic heterocycles. The molecule has 0 aromatic carbocycles. The molecular formula is C15H24O4. The molecule has 0 radical (unpaired) electrons. The van der Waals surface area contributed by atoms with Crippen LogP contribution in [0.5, 0.6) is 0 Å². The van der Waals surface area contributed by atoms with E-state index in [0.717, 1.165) is 31.3 Å². The van der Waals surface area contributed by atoms with Crippen molar-refractivity contribution in [2.75, 3.05) is 6.61 Å². The van der Waals surface area contributed by atoms with Crippen LogP contribution in [0, 0.1) is 0 Å². The molecule has 0 bridgehead atoms. The molecule has 0 spiro atoms. The predicted molar refractivity (Wildman–Crippen MR) is 74.0 cm³/mol. The highest BCUT2D eigenvalue weighted by Crippen LogP contribution is 2.39. The summed E-state index contributed by atoms with van der Waals surface area (Å²) in [5, 5.41) is 17.7. The zero-order valence-electron chi connectivity index (χ0n) is 12.0. The Labute approximate surface area is 114 Å². The summed E-state index contributed by atoms with van der Waals surface area (Å²) in [4.78, 5) is 10.5. The van der Waals surface area contributed by atoms with Gasteiger partial charge in [-0.1, -0.05) is 17.2 Å². The zero-order valence-corrected chi connectivity index (χ0v) is 12.0. The van der Waals surface area contributed by atoms with Gasteiger partial charge in [-0.15, -0.1) is 0 Å². The van der Waals surface area contributed by atoms with Crippen molar-refractivity contribution in [3.8, 4) is 0 Å². The summed E-state index contributed by atoms with van der Waals surface area (Å²) in [5.74, 6) is -0.882. The van der Waals surface area contributed by atoms with E-state index in [0.29, 0.717) is 0 Å². The van der Waals surface area contributed by atoms with E-state index in [1.54, 1.807) is 0 Å². The number of rotatable bonds is 8. The van der Waals surface area contributed by atoms with Crippen LogP contribution in [-0.4, -0.2) is 34.5 Å². The molecule has 0 unspecified atom stereocenters. The molecular weight excluding hydrogens is 244 g/mol. The lowest BCUT2D eigenvalue weighted by Gasteiger charge is -2.02. The summed E-state index contributed by atoms with van der Waals surface area (Å²) in [6.07, 6.45) is 7.12. The molecule has 1 heterocycles. The minimum atomic E-state index is -0.882. The van der Waals surface area contributed by atoms with E-state index in [9.17, 15) is 4.79 Å². The van der Waals surface area contributed by atoms with Crippen molar-refractivity contribution in [2.45, 2.75) is 58.2 Å². The molecule has 0 amide bonds. The van der Waals surface area contributed by atoms with E-state index < -0.39 is 5.97 Å². The SMILES string of the molecule is C/C(=C\C(=O)O)CC/C=C(\C)CC[C@H]1O[C@]1(C)CO. The lowest BCUT2D eigenvalue weighted by molar-refractivity contribution is -0.131. The zero-order chi connectivity index (χ0) is 14.5. The molecule has 1 aliphatic heterocycles. The van der Waals surface area contributed by atoms with Gasteiger partial charge in [0.1, 0.15) is 5.60 Å². The molecule has 0 aromatic rings. The number of ether oxygens (including phenoxy) is 1. The molecule has 2 atom stereocenters. The minimum absolute atomic E-state index is 0.0829. The summed E-state index contributed by atoms with van der Waals surface area (Å²) in [5.41, 5.74) is 1.86. The summed E-state index contributed by atoms with van der Waals surface area (Å²) in [6.45, 7) is 5.92. The van der Waals surface area contributed by atoms with E-state index in [1.807, 2.05) is 13.8 Å². The van der Waals surface area contributed by atoms with Gasteiger partial charge < -0.3 is 14.9 Å². The minimum Gasteiger partial charge on any atom is -0.478 e. The Kier molecular flexibility index (Phi) is 5.76. The molecule has 0 aliphatic carbocycles. The van der Waals surface area contributed by atoms with Crippen LogP contribution >= 0.6 is 0 Å². The van der Waals surface area contributed by atoms with Crippen molar-refractivity contribution < 1.29 is 19.7 Å². The van der Waals surface area contributed by atoms with E-state index in [-0.39, 0.29) is 18.3 Å². The van der Waals surface area contributed by atoms with Gasteiger partial charge in [0.2, 0.25) is 0 Å². The molecule has 0 saturated carbocycles. The van der Waals surface area contributed by atoms with Crippen LogP contribution in [0.2, 0.25) is 0 Å². The van der Waals surface area contributed by atoms with E-state index in [1.165, 1.54) is 11.6 Å². The van der Waals surface area contributed by atoms with Crippen LogP contribution in [0.4, 0.5) is 0 Å². The third-order valence-corrected chi connectivity index (χ3v) is 3.55. The van der Waals surface area contributed by atoms with E-state index in [2.05, 4.69) is 13.0 Å². The Morgan fingerprint density at radius 3 is 2.53 bits per heavy atom. The number of carboxylic acids is 1. The topological polar surface area (TPSA) is 70.1 Å². The Morgan fingerprint density at radius 2 is 2.00 bits per heavy atom. The molecule has 1 saturated heterocycles. The summed E-state index contributed by atoms with van der Waals surface area (Å²) in [7, 11) is 0. The first-order valence-electron chi connectivity index (χ1n) is 6.72. The molecule has 1 rings (SSSR count). The van der Waals surface area contributed by atoms with Crippen LogP contribution in [-0.2, 0) is 9.53 Å². The van der Waals surface area contributed by atoms with Gasteiger partial charge in [-0.2, -0.15) is 0 Å². The first kappa shape index (κ1) is 15.9. The van der Waals surface area contributed by atoms with Crippen molar-refractivity contribution in [1.29, 1.82) is 0 Å². The second-order valence-electron chi connectivity index (χ2n) is 5.53. The molecule has 4 nitrogen and oxygen atoms in total. The number of aliphatic carboxylic acids is 1. The van der Waals surface area contributed by atoms with Gasteiger partial charge in [0.05, 0.1) is 12.7 Å². The van der Waals surface area contributed by atoms with Crippen molar-refractivity contribution in [2.24, 2.45) is 0 Å². The van der Waals surface area contributed by atoms with Crippen LogP contribution in [0.15, 0.2) is 23.3 Å². The van der Waals surface area contributed by atoms with Crippen molar-refractivity contribution >= 4 is 5.97 Å². The number of hydrogen-bond acceptors (Lipinski definition) is 3. The number of carbonyl (C=O) groups is 1. The second-order valence-corrected chi connectivity index (χ2v) is 5.53. The number of epoxide rings is 1. The van der Waals surface area contributed by atoms with Crippen LogP contribution in [0.3, 0.4) is 0 Å². The standard InChI is InChI=1S/C15H24O4/c1-11(5-4-6-12(2)9-14(17)18)7-8-13-15(3,10-16)19-13/h5,9,13,16H,4,6-8,10H2,1-3H3,(H,17,18)/b11-5+,12-9+/t13-,15-/m1/s1. The van der Waals surface area contributed by atoms with E-state index in [4.69, 9.17) is 14.9 Å². The highest BCUT2D eigenvalue weighted by molar-refractivity contribution is 5.80. The maximum Gasteiger partial charge on any atom is 0.328 e. The van der Waals surface area contributed by atoms with Crippen molar-refractivity contribution in [1.82, 2.24) is 0 Å². The Morgan fingerprint density at radius 1 is 1.32 bits per heavy atom. The lowest BCUT2D eigenvalue weighted by atomic mass is 10.0. The lowest BCUT2D eigenvalue weighted by Crippen LogP contribution is -2.14. The summed E-state index contributed by atoms with van der Waals surface area (Å²) in [6, 6.07) is 0. The number of carboxylic acid groups (broad SMARTS) is 1. The molecule has 1 aliphatic rings. The second kappa shape index (κ2) is 6.87. The van der Waals surface area contributed by atoms with Crippen LogP contribution in [0.1, 0.15) is 46.5 Å². The van der Waals surface area contributed by atoms with Crippen molar-refractivity contribution in [3.63, 3.8) is 0 Å². The molecule has 1 fully saturated rings. The molecule has 4 heteroatoms. The normalized spacial score (nSPS) is 27.5. The number of aliphatic hydroxyl groups is 1. The third kappa shape index (κ3) is 5.57. The quantitative estimate of drug-likeness (QED) is 0.403. The van der Waals surface area contributed by atoms with Crippen LogP contribution in [0.25, 0.3) is 0 Å². The smallest absolute Gasteiger partial charge is 0.328 e. The van der Waals surface area contributed by atoms with Gasteiger partial charge in [0.15, 0.2) is 0 Å². The highest BCUT2D eigenvalue weighted by Gasteiger charge is 2.50. The molecule has 2 N–H and O–H groups in total. The fraction of sp³-hybridized carbons (Fsp3) is 0.667. The molecule has 108 valence electrons. The average Bonchev–Trinajstić information content (AvgIpc) is 2.98. The number of aliphatic hydroxyl groups excluding tert-OH is 1. The van der Waals surface area contributed by atoms with Gasteiger partial charge in [-0.25, -0.2) is 4.79 Å². The average molecular weight is 268 g/mol. The van der Waals surface area contributed by atoms with Crippen LogP contribution < -0.4 is 0 Å². The Bertz CT molecular complexity index is 384. The highest BCUT2D eigenvalue weighted by atomic mass is 16.6. The van der Waals surface area contributed by atoms with Crippen molar-refractivity contribution in [3.05, 3.63) is 23.3 Å². The van der Waals surface area contributed by atoms with Gasteiger partial charge in [0.25, 0.3) is 0 Å². The number of hydrogen-bond donors (Lipinski definition) is 2. The predicted octanol–water partition coefficient (Wildman–Crippen LogP) is 2.67. The fourth-order valence-corrected chi connectivity index (χ4v) is 2.08. The monoisotopic (exact) mass is 268 g/mol. The third-order valence-electron chi connectivity index (χ3n) is 3.55. The maximum atomic E-state index is 10.5. The fourth-order valence-electron chi connectivity index (χ4n) is 2.08. The van der Waals surface area contributed by atoms with Gasteiger partial charge in [-0.3, -0.25) is 0 Å². The Hall–Kier alpha value is -1.13. The summed E-state index contributed by atoms with van der Waals surface area (Å²) >= 11 is 0. The van der Waals surface area contributed by atoms with E-state index >= 15 is 0 Å². The maximum absolute atomic E-state index is 10.5. The molecule has 19 heavy (non-hydrogen) atoms. The summed E-state index contributed by atoms with van der Waals surface area (Å²) < 4.78 is 5.44. The van der Waals surface area contributed by atoms with Gasteiger partial charge in [0, 0.05) is 6.08 Å². The number of allylic oxidation sites excluding steroid dienone is 3. The first-order chi connectivity index (χ1) is 8.87. The largest absolute Gasteiger partial charge is 0.478 e.